The number of aromatic nitrogens is 1. The van der Waals surface area contributed by atoms with Crippen LogP contribution >= 0.6 is 38.5 Å². The summed E-state index contributed by atoms with van der Waals surface area (Å²) >= 11 is 4.93. The summed E-state index contributed by atoms with van der Waals surface area (Å²) in [6, 6.07) is 0.874. The molecule has 0 bridgehead atoms. The molecule has 2 heterocycles. The second kappa shape index (κ2) is 4.94. The second-order valence-electron chi connectivity index (χ2n) is 4.73. The Morgan fingerprint density at radius 1 is 1.62 bits per heavy atom. The van der Waals surface area contributed by atoms with Crippen molar-refractivity contribution in [1.82, 2.24) is 4.57 Å². The van der Waals surface area contributed by atoms with Crippen molar-refractivity contribution in [1.29, 1.82) is 0 Å². The lowest BCUT2D eigenvalue weighted by molar-refractivity contribution is 0.0694. The van der Waals surface area contributed by atoms with Crippen LogP contribution in [-0.4, -0.2) is 22.2 Å². The molecule has 1 aromatic carbocycles. The fourth-order valence-electron chi connectivity index (χ4n) is 2.44. The molecule has 1 N–H and O–H groups in total. The van der Waals surface area contributed by atoms with Gasteiger partial charge in [-0.15, -0.1) is 0 Å². The van der Waals surface area contributed by atoms with Gasteiger partial charge in [0, 0.05) is 5.39 Å². The molecule has 1 aliphatic rings. The van der Waals surface area contributed by atoms with Gasteiger partial charge in [0.2, 0.25) is 0 Å². The molecule has 8 heteroatoms. The number of carboxylic acid groups (broad SMARTS) is 1. The topological polar surface area (TPSA) is 68.5 Å². The summed E-state index contributed by atoms with van der Waals surface area (Å²) in [5.41, 5.74) is -0.565. The Bertz CT molecular complexity index is 864. The van der Waals surface area contributed by atoms with Crippen molar-refractivity contribution in [2.24, 2.45) is 0 Å². The van der Waals surface area contributed by atoms with Crippen LogP contribution in [0.4, 0.5) is 4.39 Å². The minimum absolute atomic E-state index is 0.141. The van der Waals surface area contributed by atoms with Gasteiger partial charge in [-0.1, -0.05) is 0 Å². The SMILES string of the molecule is C[C@H]1COc2c(Br)c(F)c(I)c3cc(C(=O)O)c(=O)n1c23. The summed E-state index contributed by atoms with van der Waals surface area (Å²) in [7, 11) is 0. The zero-order chi connectivity index (χ0) is 15.5. The van der Waals surface area contributed by atoms with Gasteiger partial charge in [-0.3, -0.25) is 9.36 Å². The minimum Gasteiger partial charge on any atom is -0.488 e. The minimum atomic E-state index is -1.33. The summed E-state index contributed by atoms with van der Waals surface area (Å²) in [6.07, 6.45) is 0. The normalized spacial score (nSPS) is 16.9. The Labute approximate surface area is 140 Å². The van der Waals surface area contributed by atoms with Crippen molar-refractivity contribution in [3.8, 4) is 5.75 Å². The van der Waals surface area contributed by atoms with E-state index in [2.05, 4.69) is 15.9 Å². The van der Waals surface area contributed by atoms with E-state index in [4.69, 9.17) is 4.74 Å². The van der Waals surface area contributed by atoms with Crippen LogP contribution in [0.1, 0.15) is 23.3 Å². The van der Waals surface area contributed by atoms with Gasteiger partial charge in [0.05, 0.1) is 19.6 Å². The summed E-state index contributed by atoms with van der Waals surface area (Å²) < 4.78 is 21.5. The largest absolute Gasteiger partial charge is 0.488 e. The van der Waals surface area contributed by atoms with Crippen LogP contribution in [0, 0.1) is 9.39 Å². The number of hydrogen-bond donors (Lipinski definition) is 1. The van der Waals surface area contributed by atoms with Crippen LogP contribution in [-0.2, 0) is 0 Å². The summed E-state index contributed by atoms with van der Waals surface area (Å²) in [5, 5.41) is 9.54. The highest BCUT2D eigenvalue weighted by Gasteiger charge is 2.29. The first-order chi connectivity index (χ1) is 9.84. The molecule has 0 fully saturated rings. The highest BCUT2D eigenvalue weighted by atomic mass is 127. The van der Waals surface area contributed by atoms with E-state index in [1.807, 2.05) is 0 Å². The van der Waals surface area contributed by atoms with Crippen molar-refractivity contribution in [2.75, 3.05) is 6.61 Å². The van der Waals surface area contributed by atoms with Crippen molar-refractivity contribution in [3.63, 3.8) is 0 Å². The predicted octanol–water partition coefficient (Wildman–Crippen LogP) is 3.16. The van der Waals surface area contributed by atoms with Crippen molar-refractivity contribution in [2.45, 2.75) is 13.0 Å². The summed E-state index contributed by atoms with van der Waals surface area (Å²) in [6.45, 7) is 1.92. The maximum atomic E-state index is 14.2. The maximum Gasteiger partial charge on any atom is 0.341 e. The van der Waals surface area contributed by atoms with Gasteiger partial charge in [0.15, 0.2) is 11.6 Å². The fourth-order valence-corrected chi connectivity index (χ4v) is 3.99. The molecule has 2 aromatic rings. The number of nitrogens with zero attached hydrogens (tertiary/aromatic N) is 1. The van der Waals surface area contributed by atoms with E-state index >= 15 is 0 Å². The van der Waals surface area contributed by atoms with E-state index in [1.165, 1.54) is 10.6 Å². The number of hydrogen-bond acceptors (Lipinski definition) is 3. The molecule has 5 nitrogen and oxygen atoms in total. The van der Waals surface area contributed by atoms with Gasteiger partial charge >= 0.3 is 5.97 Å². The van der Waals surface area contributed by atoms with E-state index < -0.39 is 17.3 Å². The standard InChI is InChI=1S/C13H8BrFINO4/c1-4-3-21-11-7(14)8(15)9(16)5-2-6(13(19)20)12(18)17(4)10(5)11/h2,4H,3H2,1H3,(H,19,20)/t4-/m0/s1. The third kappa shape index (κ3) is 1.99. The maximum absolute atomic E-state index is 14.2. The number of ether oxygens (including phenoxy) is 1. The molecule has 110 valence electrons. The number of pyridine rings is 1. The third-order valence-electron chi connectivity index (χ3n) is 3.41. The number of halogens is 3. The first kappa shape index (κ1) is 14.8. The lowest BCUT2D eigenvalue weighted by atomic mass is 10.1. The molecule has 0 saturated heterocycles. The van der Waals surface area contributed by atoms with Gasteiger partial charge < -0.3 is 9.84 Å². The molecule has 21 heavy (non-hydrogen) atoms. The number of aromatic carboxylic acids is 1. The lowest BCUT2D eigenvalue weighted by Gasteiger charge is -2.27. The summed E-state index contributed by atoms with van der Waals surface area (Å²) in [5.74, 6) is -1.63. The first-order valence-corrected chi connectivity index (χ1v) is 7.83. The predicted molar refractivity (Wildman–Crippen MR) is 85.7 cm³/mol. The monoisotopic (exact) mass is 467 g/mol. The molecular weight excluding hydrogens is 460 g/mol. The van der Waals surface area contributed by atoms with Crippen LogP contribution < -0.4 is 10.3 Å². The Morgan fingerprint density at radius 2 is 2.29 bits per heavy atom. The second-order valence-corrected chi connectivity index (χ2v) is 6.60. The number of carboxylic acids is 1. The van der Waals surface area contributed by atoms with Crippen LogP contribution in [0.2, 0.25) is 0 Å². The molecule has 1 aliphatic heterocycles. The highest BCUT2D eigenvalue weighted by Crippen LogP contribution is 2.42. The van der Waals surface area contributed by atoms with Gasteiger partial charge in [0.1, 0.15) is 12.2 Å². The zero-order valence-electron chi connectivity index (χ0n) is 10.6. The Hall–Kier alpha value is -1.16. The Balaban J connectivity index is 2.63. The molecule has 0 spiro atoms. The smallest absolute Gasteiger partial charge is 0.341 e. The van der Waals surface area contributed by atoms with E-state index in [1.54, 1.807) is 29.5 Å². The number of rotatable bonds is 1. The van der Waals surface area contributed by atoms with Crippen molar-refractivity contribution in [3.05, 3.63) is 35.8 Å². The average molecular weight is 468 g/mol. The van der Waals surface area contributed by atoms with Crippen LogP contribution in [0.3, 0.4) is 0 Å². The fraction of sp³-hybridized carbons (Fsp3) is 0.231. The first-order valence-electron chi connectivity index (χ1n) is 5.96. The molecule has 1 atom stereocenters. The Morgan fingerprint density at radius 3 is 2.90 bits per heavy atom. The van der Waals surface area contributed by atoms with Gasteiger partial charge in [-0.05, 0) is 51.5 Å². The van der Waals surface area contributed by atoms with Gasteiger partial charge in [-0.25, -0.2) is 9.18 Å². The molecule has 3 rings (SSSR count). The van der Waals surface area contributed by atoms with E-state index in [-0.39, 0.29) is 32.0 Å². The van der Waals surface area contributed by atoms with E-state index in [0.29, 0.717) is 10.9 Å². The van der Waals surface area contributed by atoms with E-state index in [0.717, 1.165) is 0 Å². The molecule has 0 amide bonds. The summed E-state index contributed by atoms with van der Waals surface area (Å²) in [4.78, 5) is 23.6. The van der Waals surface area contributed by atoms with Gasteiger partial charge in [0.25, 0.3) is 5.56 Å². The van der Waals surface area contributed by atoms with Gasteiger partial charge in [-0.2, -0.15) is 0 Å². The molecule has 0 saturated carbocycles. The van der Waals surface area contributed by atoms with Crippen LogP contribution in [0.5, 0.6) is 5.75 Å². The number of benzene rings is 1. The lowest BCUT2D eigenvalue weighted by Crippen LogP contribution is -2.34. The number of carbonyl (C=O) groups is 1. The third-order valence-corrected chi connectivity index (χ3v) is 5.17. The molecule has 1 aromatic heterocycles. The van der Waals surface area contributed by atoms with E-state index in [9.17, 15) is 19.1 Å². The van der Waals surface area contributed by atoms with Crippen LogP contribution in [0.15, 0.2) is 15.3 Å². The van der Waals surface area contributed by atoms with Crippen molar-refractivity contribution < 1.29 is 19.0 Å². The molecular formula is C13H8BrFINO4. The van der Waals surface area contributed by atoms with Crippen molar-refractivity contribution >= 4 is 55.4 Å². The zero-order valence-corrected chi connectivity index (χ0v) is 14.4. The molecule has 0 aliphatic carbocycles. The quantitative estimate of drug-likeness (QED) is 0.516. The molecule has 0 radical (unpaired) electrons. The Kier molecular flexibility index (Phi) is 3.47. The van der Waals surface area contributed by atoms with Crippen LogP contribution in [0.25, 0.3) is 10.9 Å². The average Bonchev–Trinajstić information content (AvgIpc) is 2.44. The molecule has 0 unspecified atom stereocenters. The highest BCUT2D eigenvalue weighted by molar-refractivity contribution is 14.1.